The summed E-state index contributed by atoms with van der Waals surface area (Å²) in [5, 5.41) is 5.43. The molecule has 2 amide bonds. The molecule has 0 bridgehead atoms. The normalized spacial score (nSPS) is 19.2. The molecule has 0 radical (unpaired) electrons. The van der Waals surface area contributed by atoms with E-state index in [0.29, 0.717) is 23.0 Å². The number of Topliss-reactive ketones (excluding diaryl/α,β-unsaturated/α-hetero) is 1. The van der Waals surface area contributed by atoms with E-state index >= 15 is 0 Å². The zero-order valence-electron chi connectivity index (χ0n) is 30.7. The summed E-state index contributed by atoms with van der Waals surface area (Å²) in [6, 6.07) is 9.71. The Labute approximate surface area is 297 Å². The maximum Gasteiger partial charge on any atom is 0.303 e. The van der Waals surface area contributed by atoms with Crippen LogP contribution in [0.15, 0.2) is 35.7 Å². The number of benzene rings is 1. The van der Waals surface area contributed by atoms with Crippen molar-refractivity contribution in [2.24, 2.45) is 23.7 Å². The Balaban J connectivity index is 1.47. The van der Waals surface area contributed by atoms with Gasteiger partial charge in [0.1, 0.15) is 10.7 Å². The second-order valence-corrected chi connectivity index (χ2v) is 15.8. The second kappa shape index (κ2) is 18.2. The van der Waals surface area contributed by atoms with E-state index in [4.69, 9.17) is 4.74 Å². The molecule has 1 aromatic heterocycles. The Hall–Kier alpha value is -3.11. The topological polar surface area (TPSA) is 109 Å². The van der Waals surface area contributed by atoms with E-state index in [-0.39, 0.29) is 59.9 Å². The van der Waals surface area contributed by atoms with E-state index in [0.717, 1.165) is 63.6 Å². The van der Waals surface area contributed by atoms with Crippen molar-refractivity contribution in [3.8, 4) is 0 Å². The van der Waals surface area contributed by atoms with Gasteiger partial charge < -0.3 is 15.0 Å². The van der Waals surface area contributed by atoms with Crippen molar-refractivity contribution in [3.63, 3.8) is 0 Å². The summed E-state index contributed by atoms with van der Waals surface area (Å²) in [7, 11) is 1.82. The lowest BCUT2D eigenvalue weighted by Crippen LogP contribution is -2.48. The number of amides is 2. The fraction of sp³-hybridized carbons (Fsp3) is 0.667. The third kappa shape index (κ3) is 11.2. The molecule has 0 unspecified atom stereocenters. The fourth-order valence-electron chi connectivity index (χ4n) is 7.42. The van der Waals surface area contributed by atoms with Gasteiger partial charge in [0.15, 0.2) is 11.9 Å². The third-order valence-corrected chi connectivity index (χ3v) is 11.1. The van der Waals surface area contributed by atoms with Crippen LogP contribution in [-0.4, -0.2) is 76.6 Å². The lowest BCUT2D eigenvalue weighted by atomic mass is 9.88. The molecule has 4 rings (SSSR count). The maximum atomic E-state index is 14.2. The molecule has 2 fully saturated rings. The molecule has 5 atom stereocenters. The summed E-state index contributed by atoms with van der Waals surface area (Å²) in [4.78, 5) is 62.3. The predicted molar refractivity (Wildman–Crippen MR) is 194 cm³/mol. The van der Waals surface area contributed by atoms with Crippen LogP contribution in [0.25, 0.3) is 0 Å². The van der Waals surface area contributed by atoms with Gasteiger partial charge in [-0.15, -0.1) is 11.3 Å². The average Bonchev–Trinajstić information content (AvgIpc) is 3.79. The lowest BCUT2D eigenvalue weighted by molar-refractivity contribution is -0.149. The number of rotatable bonds is 18. The third-order valence-electron chi connectivity index (χ3n) is 10.1. The first-order valence-electron chi connectivity index (χ1n) is 18.4. The second-order valence-electron chi connectivity index (χ2n) is 14.9. The van der Waals surface area contributed by atoms with E-state index in [1.54, 1.807) is 10.3 Å². The van der Waals surface area contributed by atoms with Crippen LogP contribution >= 0.6 is 11.3 Å². The molecule has 9 nitrogen and oxygen atoms in total. The van der Waals surface area contributed by atoms with E-state index in [2.05, 4.69) is 62.0 Å². The Morgan fingerprint density at radius 1 is 1.04 bits per heavy atom. The van der Waals surface area contributed by atoms with Gasteiger partial charge >= 0.3 is 5.97 Å². The van der Waals surface area contributed by atoms with Crippen molar-refractivity contribution in [2.75, 3.05) is 20.1 Å². The standard InChI is InChI=1S/C39H58N4O5S/c1-8-43-19-13-12-16-33(43)35(45)22-31(29-17-18-29)39(47)42(7)34(26(4)5)23-36(48-27(6)44)38-41-32(24-49-38)37(46)40-30(20-25(2)3)21-28-14-10-9-11-15-28/h9-11,14-15,24-26,29-31,33-34,36H,8,12-13,16-23H2,1-7H3,(H,40,46)/t30-,31+,33-,34-,36-/m1/s1. The average molecular weight is 695 g/mol. The minimum Gasteiger partial charge on any atom is -0.455 e. The van der Waals surface area contributed by atoms with Crippen molar-refractivity contribution < 1.29 is 23.9 Å². The number of likely N-dealkylation sites (N-methyl/N-ethyl adjacent to an activating group) is 1. The van der Waals surface area contributed by atoms with Crippen LogP contribution in [0.4, 0.5) is 0 Å². The highest BCUT2D eigenvalue weighted by Crippen LogP contribution is 2.41. The van der Waals surface area contributed by atoms with Gasteiger partial charge in [-0.3, -0.25) is 24.1 Å². The number of aromatic nitrogens is 1. The van der Waals surface area contributed by atoms with Gasteiger partial charge in [0.05, 0.1) is 6.04 Å². The van der Waals surface area contributed by atoms with Gasteiger partial charge in [-0.25, -0.2) is 4.98 Å². The largest absolute Gasteiger partial charge is 0.455 e. The molecule has 1 aromatic carbocycles. The zero-order valence-corrected chi connectivity index (χ0v) is 31.5. The highest BCUT2D eigenvalue weighted by molar-refractivity contribution is 7.09. The summed E-state index contributed by atoms with van der Waals surface area (Å²) in [5.74, 6) is -0.179. The van der Waals surface area contributed by atoms with Crippen molar-refractivity contribution in [2.45, 2.75) is 124 Å². The van der Waals surface area contributed by atoms with Gasteiger partial charge in [0.2, 0.25) is 5.91 Å². The molecule has 1 aliphatic carbocycles. The Morgan fingerprint density at radius 3 is 2.37 bits per heavy atom. The number of esters is 1. The van der Waals surface area contributed by atoms with Gasteiger partial charge in [-0.05, 0) is 74.9 Å². The number of piperidine rings is 1. The van der Waals surface area contributed by atoms with Crippen LogP contribution < -0.4 is 5.32 Å². The quantitative estimate of drug-likeness (QED) is 0.170. The van der Waals surface area contributed by atoms with Crippen LogP contribution in [0, 0.1) is 23.7 Å². The minimum absolute atomic E-state index is 0.0104. The number of ketones is 1. The van der Waals surface area contributed by atoms with Crippen LogP contribution in [0.2, 0.25) is 0 Å². The molecule has 1 aliphatic heterocycles. The number of carbonyl (C=O) groups is 4. The predicted octanol–water partition coefficient (Wildman–Crippen LogP) is 6.87. The number of nitrogens with one attached hydrogen (secondary N) is 1. The monoisotopic (exact) mass is 694 g/mol. The van der Waals surface area contributed by atoms with E-state index in [1.165, 1.54) is 18.3 Å². The summed E-state index contributed by atoms with van der Waals surface area (Å²) in [5.41, 5.74) is 1.45. The molecule has 1 saturated carbocycles. The molecule has 270 valence electrons. The Bertz CT molecular complexity index is 1390. The molecule has 0 spiro atoms. The summed E-state index contributed by atoms with van der Waals surface area (Å²) in [6.07, 6.45) is 6.42. The summed E-state index contributed by atoms with van der Waals surface area (Å²) >= 11 is 1.29. The molecule has 10 heteroatoms. The molecule has 2 aromatic rings. The van der Waals surface area contributed by atoms with Crippen molar-refractivity contribution >= 4 is 34.9 Å². The lowest BCUT2D eigenvalue weighted by Gasteiger charge is -2.37. The van der Waals surface area contributed by atoms with Crippen molar-refractivity contribution in [1.82, 2.24) is 20.1 Å². The van der Waals surface area contributed by atoms with Crippen LogP contribution in [-0.2, 0) is 25.5 Å². The molecule has 49 heavy (non-hydrogen) atoms. The minimum atomic E-state index is -0.719. The Kier molecular flexibility index (Phi) is 14.4. The summed E-state index contributed by atoms with van der Waals surface area (Å²) in [6.45, 7) is 13.6. The van der Waals surface area contributed by atoms with Crippen molar-refractivity contribution in [1.29, 1.82) is 0 Å². The van der Waals surface area contributed by atoms with Gasteiger partial charge in [-0.2, -0.15) is 0 Å². The number of hydrogen-bond donors (Lipinski definition) is 1. The first-order valence-corrected chi connectivity index (χ1v) is 19.3. The first-order chi connectivity index (χ1) is 23.4. The number of likely N-dealkylation sites (tertiary alicyclic amines) is 1. The number of nitrogens with zero attached hydrogens (tertiary/aromatic N) is 3. The van der Waals surface area contributed by atoms with Gasteiger partial charge in [-0.1, -0.05) is 71.4 Å². The SMILES string of the molecule is CCN1CCCC[C@@H]1C(=O)C[C@H](C(=O)N(C)[C@H](C[C@@H](OC(C)=O)c1nc(C(=O)N[C@@H](Cc2ccccc2)CC(C)C)cs1)C(C)C)C1CC1. The van der Waals surface area contributed by atoms with E-state index < -0.39 is 12.1 Å². The van der Waals surface area contributed by atoms with Gasteiger partial charge in [0.25, 0.3) is 5.91 Å². The molecule has 2 aliphatic rings. The van der Waals surface area contributed by atoms with Gasteiger partial charge in [0, 0.05) is 50.2 Å². The molecular formula is C39H58N4O5S. The fourth-order valence-corrected chi connectivity index (χ4v) is 8.26. The highest BCUT2D eigenvalue weighted by Gasteiger charge is 2.42. The maximum absolute atomic E-state index is 14.2. The summed E-state index contributed by atoms with van der Waals surface area (Å²) < 4.78 is 5.82. The van der Waals surface area contributed by atoms with Crippen LogP contribution in [0.1, 0.15) is 120 Å². The number of hydrogen-bond acceptors (Lipinski definition) is 8. The first kappa shape index (κ1) is 38.7. The van der Waals surface area contributed by atoms with Crippen molar-refractivity contribution in [3.05, 3.63) is 52.0 Å². The smallest absolute Gasteiger partial charge is 0.303 e. The molecule has 2 heterocycles. The molecule has 1 saturated heterocycles. The van der Waals surface area contributed by atoms with E-state index in [1.807, 2.05) is 25.2 Å². The van der Waals surface area contributed by atoms with E-state index in [9.17, 15) is 19.2 Å². The number of thiazole rings is 1. The molecule has 1 N–H and O–H groups in total. The molecular weight excluding hydrogens is 637 g/mol. The van der Waals surface area contributed by atoms with Crippen LogP contribution in [0.3, 0.4) is 0 Å². The highest BCUT2D eigenvalue weighted by atomic mass is 32.1. The number of ether oxygens (including phenoxy) is 1. The van der Waals surface area contributed by atoms with Crippen LogP contribution in [0.5, 0.6) is 0 Å². The zero-order chi connectivity index (χ0) is 35.7. The number of carbonyl (C=O) groups excluding carboxylic acids is 4. The Morgan fingerprint density at radius 2 is 1.76 bits per heavy atom.